The minimum Gasteiger partial charge on any atom is -0.489 e. The third kappa shape index (κ3) is 3.67. The van der Waals surface area contributed by atoms with Crippen molar-refractivity contribution in [1.82, 2.24) is 0 Å². The molecule has 0 saturated heterocycles. The molecule has 1 nitrogen and oxygen atoms in total. The van der Waals surface area contributed by atoms with Gasteiger partial charge >= 0.3 is 0 Å². The van der Waals surface area contributed by atoms with E-state index in [1.807, 2.05) is 0 Å². The maximum Gasteiger partial charge on any atom is 0.126 e. The minimum absolute atomic E-state index is 0.0784. The lowest BCUT2D eigenvalue weighted by atomic mass is 10.2. The van der Waals surface area contributed by atoms with Crippen LogP contribution >= 0.6 is 27.5 Å². The van der Waals surface area contributed by atoms with Crippen LogP contribution < -0.4 is 4.74 Å². The Hall–Kier alpha value is -1.13. The fourth-order valence-corrected chi connectivity index (χ4v) is 2.63. The number of hydrogen-bond acceptors (Lipinski definition) is 1. The summed E-state index contributed by atoms with van der Waals surface area (Å²) < 4.78 is 31.6. The Morgan fingerprint density at radius 2 is 1.79 bits per heavy atom. The Morgan fingerprint density at radius 1 is 1.11 bits per heavy atom. The zero-order valence-electron chi connectivity index (χ0n) is 9.80. The first kappa shape index (κ1) is 14.3. The standard InChI is InChI=1S/C14H10BrClF2O/c15-7-12-13(16)2-1-3-14(12)19-8-9-4-10(17)6-11(18)5-9/h1-6H,7-8H2. The molecule has 0 saturated carbocycles. The third-order valence-corrected chi connectivity index (χ3v) is 3.44. The maximum atomic E-state index is 13.0. The monoisotopic (exact) mass is 346 g/mol. The average Bonchev–Trinajstić information content (AvgIpc) is 2.35. The van der Waals surface area contributed by atoms with Gasteiger partial charge < -0.3 is 4.74 Å². The first-order valence-corrected chi connectivity index (χ1v) is 7.01. The summed E-state index contributed by atoms with van der Waals surface area (Å²) in [7, 11) is 0. The van der Waals surface area contributed by atoms with Gasteiger partial charge in [0.05, 0.1) is 0 Å². The number of ether oxygens (including phenoxy) is 1. The molecule has 0 aliphatic rings. The van der Waals surface area contributed by atoms with E-state index in [0.29, 0.717) is 21.7 Å². The van der Waals surface area contributed by atoms with E-state index in [2.05, 4.69) is 15.9 Å². The number of halogens is 4. The molecule has 19 heavy (non-hydrogen) atoms. The smallest absolute Gasteiger partial charge is 0.126 e. The molecule has 0 N–H and O–H groups in total. The van der Waals surface area contributed by atoms with Gasteiger partial charge in [0.2, 0.25) is 0 Å². The van der Waals surface area contributed by atoms with Crippen molar-refractivity contribution in [1.29, 1.82) is 0 Å². The highest BCUT2D eigenvalue weighted by molar-refractivity contribution is 9.08. The van der Waals surface area contributed by atoms with Gasteiger partial charge in [-0.05, 0) is 29.8 Å². The van der Waals surface area contributed by atoms with Gasteiger partial charge in [0, 0.05) is 22.0 Å². The predicted molar refractivity (Wildman–Crippen MR) is 74.8 cm³/mol. The Labute approximate surface area is 123 Å². The molecular formula is C14H10BrClF2O. The minimum atomic E-state index is -0.620. The average molecular weight is 348 g/mol. The molecule has 0 atom stereocenters. The Kier molecular flexibility index (Phi) is 4.77. The summed E-state index contributed by atoms with van der Waals surface area (Å²) in [5.41, 5.74) is 1.24. The van der Waals surface area contributed by atoms with Crippen LogP contribution in [0.4, 0.5) is 8.78 Å². The molecule has 0 aliphatic heterocycles. The molecule has 0 amide bonds. The highest BCUT2D eigenvalue weighted by Gasteiger charge is 2.08. The lowest BCUT2D eigenvalue weighted by Crippen LogP contribution is -1.99. The summed E-state index contributed by atoms with van der Waals surface area (Å²) in [4.78, 5) is 0. The van der Waals surface area contributed by atoms with E-state index in [9.17, 15) is 8.78 Å². The van der Waals surface area contributed by atoms with Crippen LogP contribution in [-0.2, 0) is 11.9 Å². The van der Waals surface area contributed by atoms with Gasteiger partial charge in [0.25, 0.3) is 0 Å². The first-order valence-electron chi connectivity index (χ1n) is 5.51. The van der Waals surface area contributed by atoms with Crippen molar-refractivity contribution in [3.05, 3.63) is 64.2 Å². The van der Waals surface area contributed by atoms with Crippen molar-refractivity contribution in [2.24, 2.45) is 0 Å². The van der Waals surface area contributed by atoms with E-state index in [-0.39, 0.29) is 6.61 Å². The fraction of sp³-hybridized carbons (Fsp3) is 0.143. The van der Waals surface area contributed by atoms with Crippen molar-refractivity contribution >= 4 is 27.5 Å². The van der Waals surface area contributed by atoms with Crippen LogP contribution in [0, 0.1) is 11.6 Å². The van der Waals surface area contributed by atoms with Gasteiger partial charge in [-0.1, -0.05) is 33.6 Å². The number of hydrogen-bond donors (Lipinski definition) is 0. The maximum absolute atomic E-state index is 13.0. The Morgan fingerprint density at radius 3 is 2.42 bits per heavy atom. The zero-order chi connectivity index (χ0) is 13.8. The fourth-order valence-electron chi connectivity index (χ4n) is 1.66. The second-order valence-electron chi connectivity index (χ2n) is 3.92. The van der Waals surface area contributed by atoms with E-state index < -0.39 is 11.6 Å². The molecule has 5 heteroatoms. The van der Waals surface area contributed by atoms with Gasteiger partial charge in [-0.2, -0.15) is 0 Å². The van der Waals surface area contributed by atoms with E-state index >= 15 is 0 Å². The molecule has 0 heterocycles. The van der Waals surface area contributed by atoms with Crippen LogP contribution in [-0.4, -0.2) is 0 Å². The van der Waals surface area contributed by atoms with Gasteiger partial charge in [-0.25, -0.2) is 8.78 Å². The molecule has 0 spiro atoms. The van der Waals surface area contributed by atoms with E-state index in [1.165, 1.54) is 12.1 Å². The van der Waals surface area contributed by atoms with Gasteiger partial charge in [-0.15, -0.1) is 0 Å². The third-order valence-electron chi connectivity index (χ3n) is 2.53. The number of benzene rings is 2. The highest BCUT2D eigenvalue weighted by atomic mass is 79.9. The van der Waals surface area contributed by atoms with Crippen LogP contribution in [0.1, 0.15) is 11.1 Å². The lowest BCUT2D eigenvalue weighted by Gasteiger charge is -2.11. The first-order chi connectivity index (χ1) is 9.10. The normalized spacial score (nSPS) is 10.5. The molecule has 2 rings (SSSR count). The largest absolute Gasteiger partial charge is 0.489 e. The number of alkyl halides is 1. The molecule has 0 aromatic heterocycles. The van der Waals surface area contributed by atoms with E-state index in [1.54, 1.807) is 18.2 Å². The van der Waals surface area contributed by atoms with Crippen LogP contribution in [0.2, 0.25) is 5.02 Å². The second kappa shape index (κ2) is 6.35. The van der Waals surface area contributed by atoms with Crippen molar-refractivity contribution in [2.75, 3.05) is 0 Å². The molecule has 0 aliphatic carbocycles. The Bertz CT molecular complexity index is 569. The summed E-state index contributed by atoms with van der Waals surface area (Å²) in [6.45, 7) is 0.0784. The summed E-state index contributed by atoms with van der Waals surface area (Å²) in [6, 6.07) is 8.58. The number of rotatable bonds is 4. The van der Waals surface area contributed by atoms with Crippen LogP contribution in [0.25, 0.3) is 0 Å². The van der Waals surface area contributed by atoms with Crippen molar-refractivity contribution in [3.8, 4) is 5.75 Å². The lowest BCUT2D eigenvalue weighted by molar-refractivity contribution is 0.302. The van der Waals surface area contributed by atoms with Gasteiger partial charge in [0.1, 0.15) is 24.0 Å². The molecule has 2 aromatic rings. The van der Waals surface area contributed by atoms with E-state index in [4.69, 9.17) is 16.3 Å². The van der Waals surface area contributed by atoms with Crippen molar-refractivity contribution in [2.45, 2.75) is 11.9 Å². The van der Waals surface area contributed by atoms with Crippen molar-refractivity contribution < 1.29 is 13.5 Å². The predicted octanol–water partition coefficient (Wildman–Crippen LogP) is 5.09. The zero-order valence-corrected chi connectivity index (χ0v) is 12.1. The summed E-state index contributed by atoms with van der Waals surface area (Å²) in [5, 5.41) is 1.12. The Balaban J connectivity index is 2.16. The summed E-state index contributed by atoms with van der Waals surface area (Å²) in [6.07, 6.45) is 0. The van der Waals surface area contributed by atoms with Crippen molar-refractivity contribution in [3.63, 3.8) is 0 Å². The molecule has 0 bridgehead atoms. The quantitative estimate of drug-likeness (QED) is 0.700. The molecular weight excluding hydrogens is 338 g/mol. The molecule has 0 radical (unpaired) electrons. The second-order valence-corrected chi connectivity index (χ2v) is 4.88. The molecule has 2 aromatic carbocycles. The van der Waals surface area contributed by atoms with Crippen LogP contribution in [0.3, 0.4) is 0 Å². The SMILES string of the molecule is Fc1cc(F)cc(COc2cccc(Cl)c2CBr)c1. The summed E-state index contributed by atoms with van der Waals surface area (Å²) in [5.74, 6) is -0.648. The molecule has 0 fully saturated rings. The van der Waals surface area contributed by atoms with Gasteiger partial charge in [-0.3, -0.25) is 0 Å². The van der Waals surface area contributed by atoms with E-state index in [0.717, 1.165) is 11.6 Å². The highest BCUT2D eigenvalue weighted by Crippen LogP contribution is 2.29. The van der Waals surface area contributed by atoms with Crippen LogP contribution in [0.5, 0.6) is 5.75 Å². The van der Waals surface area contributed by atoms with Gasteiger partial charge in [0.15, 0.2) is 0 Å². The molecule has 0 unspecified atom stereocenters. The summed E-state index contributed by atoms with van der Waals surface area (Å²) >= 11 is 9.36. The topological polar surface area (TPSA) is 9.23 Å². The van der Waals surface area contributed by atoms with Crippen LogP contribution in [0.15, 0.2) is 36.4 Å². The molecule has 100 valence electrons.